The summed E-state index contributed by atoms with van der Waals surface area (Å²) in [5.41, 5.74) is 0.102. The molecule has 0 aliphatic rings. The maximum Gasteiger partial charge on any atom is 0.259 e. The molecule has 0 fully saturated rings. The number of H-pyrrole nitrogens is 1. The molecule has 2 heterocycles. The van der Waals surface area contributed by atoms with Crippen LogP contribution >= 0.6 is 0 Å². The third kappa shape index (κ3) is 1.58. The Balaban J connectivity index is 2.57. The summed E-state index contributed by atoms with van der Waals surface area (Å²) >= 11 is 0. The summed E-state index contributed by atoms with van der Waals surface area (Å²) in [4.78, 5) is 14.1. The number of aromatic nitrogens is 4. The highest BCUT2D eigenvalue weighted by molar-refractivity contribution is 5.35. The molecular weight excluding hydrogens is 196 g/mol. The summed E-state index contributed by atoms with van der Waals surface area (Å²) < 4.78 is 1.37. The van der Waals surface area contributed by atoms with Crippen molar-refractivity contribution in [3.63, 3.8) is 0 Å². The molecule has 15 heavy (non-hydrogen) atoms. The first kappa shape index (κ1) is 9.70. The Morgan fingerprint density at radius 2 is 2.40 bits per heavy atom. The molecule has 0 aromatic carbocycles. The van der Waals surface area contributed by atoms with Crippen LogP contribution in [-0.2, 0) is 6.42 Å². The van der Waals surface area contributed by atoms with Crippen LogP contribution in [0.5, 0.6) is 5.88 Å². The topological polar surface area (TPSA) is 83.3 Å². The fourth-order valence-corrected chi connectivity index (χ4v) is 1.48. The number of aromatic hydroxyl groups is 1. The van der Waals surface area contributed by atoms with Crippen LogP contribution in [0.4, 0.5) is 0 Å². The highest BCUT2D eigenvalue weighted by Crippen LogP contribution is 2.14. The van der Waals surface area contributed by atoms with Gasteiger partial charge in [-0.25, -0.2) is 4.40 Å². The Morgan fingerprint density at radius 1 is 1.60 bits per heavy atom. The minimum Gasteiger partial charge on any atom is -0.494 e. The van der Waals surface area contributed by atoms with Crippen molar-refractivity contribution in [2.24, 2.45) is 0 Å². The molecule has 0 aliphatic heterocycles. The number of fused-ring (bicyclic) bond motifs is 1. The fourth-order valence-electron chi connectivity index (χ4n) is 1.48. The average molecular weight is 208 g/mol. The van der Waals surface area contributed by atoms with Gasteiger partial charge in [0.05, 0.1) is 5.56 Å². The molecule has 0 saturated heterocycles. The van der Waals surface area contributed by atoms with E-state index in [2.05, 4.69) is 15.2 Å². The Morgan fingerprint density at radius 3 is 3.13 bits per heavy atom. The normalized spacial score (nSPS) is 11.0. The predicted octanol–water partition coefficient (Wildman–Crippen LogP) is 0.466. The second kappa shape index (κ2) is 3.72. The molecule has 6 heteroatoms. The van der Waals surface area contributed by atoms with Gasteiger partial charge in [0.25, 0.3) is 5.56 Å². The van der Waals surface area contributed by atoms with Gasteiger partial charge in [-0.2, -0.15) is 0 Å². The minimum atomic E-state index is -0.290. The average Bonchev–Trinajstić information content (AvgIpc) is 2.65. The van der Waals surface area contributed by atoms with Gasteiger partial charge in [0.1, 0.15) is 6.33 Å². The highest BCUT2D eigenvalue weighted by atomic mass is 16.3. The molecule has 2 N–H and O–H groups in total. The van der Waals surface area contributed by atoms with Gasteiger partial charge in [0, 0.05) is 0 Å². The van der Waals surface area contributed by atoms with Crippen molar-refractivity contribution in [1.29, 1.82) is 0 Å². The Labute approximate surface area is 85.6 Å². The minimum absolute atomic E-state index is 0.0628. The monoisotopic (exact) mass is 208 g/mol. The van der Waals surface area contributed by atoms with Crippen LogP contribution in [0.3, 0.4) is 0 Å². The highest BCUT2D eigenvalue weighted by Gasteiger charge is 2.11. The molecule has 0 aliphatic carbocycles. The fraction of sp³-hybridized carbons (Fsp3) is 0.444. The lowest BCUT2D eigenvalue weighted by Gasteiger charge is -2.03. The molecule has 2 aromatic rings. The van der Waals surface area contributed by atoms with Gasteiger partial charge >= 0.3 is 0 Å². The Hall–Kier alpha value is -1.85. The van der Waals surface area contributed by atoms with Crippen LogP contribution in [0, 0.1) is 0 Å². The van der Waals surface area contributed by atoms with E-state index in [1.165, 1.54) is 10.7 Å². The van der Waals surface area contributed by atoms with Crippen LogP contribution in [0.15, 0.2) is 11.1 Å². The summed E-state index contributed by atoms with van der Waals surface area (Å²) in [6.07, 6.45) is 3.77. The number of rotatable bonds is 3. The second-order valence-electron chi connectivity index (χ2n) is 3.38. The third-order valence-corrected chi connectivity index (χ3v) is 2.33. The molecule has 0 amide bonds. The molecule has 0 spiro atoms. The maximum absolute atomic E-state index is 11.6. The summed E-state index contributed by atoms with van der Waals surface area (Å²) in [6, 6.07) is 0. The standard InChI is InChI=1S/C9H12N4O2/c1-2-3-4-6-7(14)11-9-12-10-5-13(9)8(6)15/h5,15H,2-4H2,1H3,(H,11,12,14). The van der Waals surface area contributed by atoms with Gasteiger partial charge < -0.3 is 5.11 Å². The van der Waals surface area contributed by atoms with Crippen molar-refractivity contribution in [3.05, 3.63) is 22.2 Å². The van der Waals surface area contributed by atoms with Crippen LogP contribution in [0.25, 0.3) is 5.78 Å². The quantitative estimate of drug-likeness (QED) is 0.767. The zero-order valence-corrected chi connectivity index (χ0v) is 8.40. The first-order chi connectivity index (χ1) is 7.24. The van der Waals surface area contributed by atoms with Gasteiger partial charge in [-0.3, -0.25) is 9.78 Å². The van der Waals surface area contributed by atoms with E-state index < -0.39 is 0 Å². The molecule has 2 rings (SSSR count). The third-order valence-electron chi connectivity index (χ3n) is 2.33. The second-order valence-corrected chi connectivity index (χ2v) is 3.38. The Kier molecular flexibility index (Phi) is 2.40. The first-order valence-corrected chi connectivity index (χ1v) is 4.88. The molecule has 6 nitrogen and oxygen atoms in total. The molecular formula is C9H12N4O2. The van der Waals surface area contributed by atoms with E-state index in [-0.39, 0.29) is 17.2 Å². The SMILES string of the molecule is CCCCc1c(O)n2cnnc2[nH]c1=O. The lowest BCUT2D eigenvalue weighted by molar-refractivity contribution is 0.434. The first-order valence-electron chi connectivity index (χ1n) is 4.88. The van der Waals surface area contributed by atoms with Crippen molar-refractivity contribution >= 4 is 5.78 Å². The predicted molar refractivity (Wildman–Crippen MR) is 53.9 cm³/mol. The van der Waals surface area contributed by atoms with Gasteiger partial charge in [-0.1, -0.05) is 13.3 Å². The number of aromatic amines is 1. The molecule has 0 saturated carbocycles. The number of unbranched alkanes of at least 4 members (excludes halogenated alkanes) is 1. The summed E-state index contributed by atoms with van der Waals surface area (Å²) in [6.45, 7) is 2.03. The van der Waals surface area contributed by atoms with Crippen molar-refractivity contribution in [1.82, 2.24) is 19.6 Å². The van der Waals surface area contributed by atoms with E-state index in [4.69, 9.17) is 0 Å². The zero-order valence-electron chi connectivity index (χ0n) is 8.40. The number of nitrogens with one attached hydrogen (secondary N) is 1. The lowest BCUT2D eigenvalue weighted by atomic mass is 10.1. The molecule has 0 unspecified atom stereocenters. The van der Waals surface area contributed by atoms with E-state index >= 15 is 0 Å². The lowest BCUT2D eigenvalue weighted by Crippen LogP contribution is -2.15. The Bertz CT molecular complexity index is 528. The zero-order chi connectivity index (χ0) is 10.8. The van der Waals surface area contributed by atoms with E-state index in [1.54, 1.807) is 0 Å². The van der Waals surface area contributed by atoms with Crippen LogP contribution in [0.1, 0.15) is 25.3 Å². The van der Waals surface area contributed by atoms with Gasteiger partial charge in [-0.15, -0.1) is 10.2 Å². The van der Waals surface area contributed by atoms with Crippen molar-refractivity contribution in [2.45, 2.75) is 26.2 Å². The van der Waals surface area contributed by atoms with Gasteiger partial charge in [0.15, 0.2) is 0 Å². The molecule has 0 atom stereocenters. The molecule has 0 radical (unpaired) electrons. The van der Waals surface area contributed by atoms with E-state index in [1.807, 2.05) is 6.92 Å². The molecule has 2 aromatic heterocycles. The van der Waals surface area contributed by atoms with Crippen molar-refractivity contribution in [2.75, 3.05) is 0 Å². The number of hydrogen-bond donors (Lipinski definition) is 2. The van der Waals surface area contributed by atoms with Crippen LogP contribution in [-0.4, -0.2) is 24.7 Å². The van der Waals surface area contributed by atoms with Crippen LogP contribution in [0.2, 0.25) is 0 Å². The van der Waals surface area contributed by atoms with E-state index in [0.717, 1.165) is 12.8 Å². The summed E-state index contributed by atoms with van der Waals surface area (Å²) in [5, 5.41) is 17.1. The maximum atomic E-state index is 11.6. The van der Waals surface area contributed by atoms with Crippen molar-refractivity contribution in [3.8, 4) is 5.88 Å². The van der Waals surface area contributed by atoms with E-state index in [0.29, 0.717) is 12.0 Å². The van der Waals surface area contributed by atoms with Crippen molar-refractivity contribution < 1.29 is 5.11 Å². The number of nitrogens with zero attached hydrogens (tertiary/aromatic N) is 3. The smallest absolute Gasteiger partial charge is 0.259 e. The van der Waals surface area contributed by atoms with E-state index in [9.17, 15) is 9.90 Å². The summed E-state index contributed by atoms with van der Waals surface area (Å²) in [5.74, 6) is 0.199. The summed E-state index contributed by atoms with van der Waals surface area (Å²) in [7, 11) is 0. The molecule has 0 bridgehead atoms. The van der Waals surface area contributed by atoms with Gasteiger partial charge in [0.2, 0.25) is 11.7 Å². The van der Waals surface area contributed by atoms with Crippen LogP contribution < -0.4 is 5.56 Å². The van der Waals surface area contributed by atoms with Gasteiger partial charge in [-0.05, 0) is 12.8 Å². The number of hydrogen-bond acceptors (Lipinski definition) is 4. The largest absolute Gasteiger partial charge is 0.494 e. The molecule has 80 valence electrons.